The molecule has 6 heteroatoms. The van der Waals surface area contributed by atoms with E-state index in [0.717, 1.165) is 24.0 Å². The summed E-state index contributed by atoms with van der Waals surface area (Å²) in [6, 6.07) is 1.88. The van der Waals surface area contributed by atoms with Crippen LogP contribution in [0, 0.1) is 0 Å². The van der Waals surface area contributed by atoms with Crippen LogP contribution in [0.3, 0.4) is 0 Å². The summed E-state index contributed by atoms with van der Waals surface area (Å²) in [7, 11) is 1.83. The Balaban J connectivity index is 2.36. The van der Waals surface area contributed by atoms with Crippen molar-refractivity contribution in [3.8, 4) is 0 Å². The van der Waals surface area contributed by atoms with Gasteiger partial charge in [0, 0.05) is 31.6 Å². The molecule has 0 radical (unpaired) electrons. The van der Waals surface area contributed by atoms with Crippen molar-refractivity contribution in [3.05, 3.63) is 11.9 Å². The molecule has 0 atom stereocenters. The average Bonchev–Trinajstić information content (AvgIpc) is 2.37. The molecule has 2 N–H and O–H groups in total. The summed E-state index contributed by atoms with van der Waals surface area (Å²) in [5.41, 5.74) is -0.125. The molecule has 0 bridgehead atoms. The number of nitrogens with one attached hydrogen (secondary N) is 2. The van der Waals surface area contributed by atoms with E-state index in [1.54, 1.807) is 0 Å². The lowest BCUT2D eigenvalue weighted by molar-refractivity contribution is -0.120. The number of carbonyl (C=O) groups is 1. The van der Waals surface area contributed by atoms with Gasteiger partial charge >= 0.3 is 0 Å². The summed E-state index contributed by atoms with van der Waals surface area (Å²) in [6.45, 7) is 8.01. The van der Waals surface area contributed by atoms with Crippen LogP contribution in [0.4, 0.5) is 11.6 Å². The highest BCUT2D eigenvalue weighted by atomic mass is 16.2. The number of anilines is 2. The van der Waals surface area contributed by atoms with Gasteiger partial charge in [-0.1, -0.05) is 20.8 Å². The lowest BCUT2D eigenvalue weighted by Crippen LogP contribution is -2.48. The smallest absolute Gasteiger partial charge is 0.239 e. The molecule has 1 aliphatic rings. The molecule has 104 valence electrons. The van der Waals surface area contributed by atoms with Gasteiger partial charge in [-0.05, 0) is 0 Å². The van der Waals surface area contributed by atoms with E-state index in [9.17, 15) is 4.79 Å². The molecule has 0 aliphatic carbocycles. The molecular weight excluding hydrogens is 242 g/mol. The van der Waals surface area contributed by atoms with Crippen molar-refractivity contribution in [1.82, 2.24) is 15.3 Å². The van der Waals surface area contributed by atoms with Crippen LogP contribution in [-0.2, 0) is 10.2 Å². The monoisotopic (exact) mass is 263 g/mol. The van der Waals surface area contributed by atoms with Gasteiger partial charge in [0.25, 0.3) is 0 Å². The molecule has 1 fully saturated rings. The van der Waals surface area contributed by atoms with E-state index in [0.29, 0.717) is 13.1 Å². The summed E-state index contributed by atoms with van der Waals surface area (Å²) in [4.78, 5) is 22.5. The molecule has 6 nitrogen and oxygen atoms in total. The number of carbonyl (C=O) groups excluding carboxylic acids is 1. The first kappa shape index (κ1) is 13.6. The van der Waals surface area contributed by atoms with E-state index in [1.165, 1.54) is 0 Å². The summed E-state index contributed by atoms with van der Waals surface area (Å²) in [6.07, 6.45) is 0. The first-order chi connectivity index (χ1) is 8.90. The van der Waals surface area contributed by atoms with Gasteiger partial charge in [-0.3, -0.25) is 4.79 Å². The van der Waals surface area contributed by atoms with Crippen LogP contribution >= 0.6 is 0 Å². The second-order valence-corrected chi connectivity index (χ2v) is 5.71. The number of rotatable bonds is 2. The van der Waals surface area contributed by atoms with Gasteiger partial charge in [0.15, 0.2) is 0 Å². The topological polar surface area (TPSA) is 70.2 Å². The van der Waals surface area contributed by atoms with Gasteiger partial charge in [0.1, 0.15) is 17.5 Å². The number of nitrogens with zero attached hydrogens (tertiary/aromatic N) is 3. The maximum absolute atomic E-state index is 11.5. The Hall–Kier alpha value is -1.85. The lowest BCUT2D eigenvalue weighted by Gasteiger charge is -2.29. The highest BCUT2D eigenvalue weighted by Gasteiger charge is 2.23. The molecule has 19 heavy (non-hydrogen) atoms. The van der Waals surface area contributed by atoms with Gasteiger partial charge < -0.3 is 15.5 Å². The average molecular weight is 263 g/mol. The molecular formula is C13H21N5O. The van der Waals surface area contributed by atoms with E-state index in [4.69, 9.17) is 0 Å². The van der Waals surface area contributed by atoms with Crippen LogP contribution in [0.25, 0.3) is 0 Å². The Morgan fingerprint density at radius 1 is 1.37 bits per heavy atom. The van der Waals surface area contributed by atoms with Crippen LogP contribution in [-0.4, -0.2) is 42.6 Å². The molecule has 1 aromatic heterocycles. The summed E-state index contributed by atoms with van der Waals surface area (Å²) < 4.78 is 0. The van der Waals surface area contributed by atoms with Crippen LogP contribution < -0.4 is 15.5 Å². The minimum atomic E-state index is -0.125. The number of aromatic nitrogens is 2. The van der Waals surface area contributed by atoms with Crippen molar-refractivity contribution in [2.75, 3.05) is 36.9 Å². The van der Waals surface area contributed by atoms with E-state index >= 15 is 0 Å². The fraction of sp³-hybridized carbons (Fsp3) is 0.615. The maximum atomic E-state index is 11.5. The third kappa shape index (κ3) is 3.13. The predicted octanol–water partition coefficient (Wildman–Crippen LogP) is 0.752. The summed E-state index contributed by atoms with van der Waals surface area (Å²) in [5.74, 6) is 2.40. The highest BCUT2D eigenvalue weighted by molar-refractivity contribution is 5.82. The number of amides is 1. The van der Waals surface area contributed by atoms with Crippen LogP contribution in [0.15, 0.2) is 6.07 Å². The van der Waals surface area contributed by atoms with Crippen LogP contribution in [0.1, 0.15) is 26.6 Å². The quantitative estimate of drug-likeness (QED) is 0.824. The zero-order valence-corrected chi connectivity index (χ0v) is 11.9. The molecule has 2 heterocycles. The first-order valence-corrected chi connectivity index (χ1v) is 6.49. The Morgan fingerprint density at radius 3 is 2.68 bits per heavy atom. The van der Waals surface area contributed by atoms with Gasteiger partial charge in [-0.2, -0.15) is 0 Å². The number of hydrogen-bond donors (Lipinski definition) is 2. The van der Waals surface area contributed by atoms with Gasteiger partial charge in [0.2, 0.25) is 5.91 Å². The minimum absolute atomic E-state index is 0.0354. The zero-order chi connectivity index (χ0) is 14.0. The van der Waals surface area contributed by atoms with E-state index < -0.39 is 0 Å². The normalized spacial score (nSPS) is 16.2. The highest BCUT2D eigenvalue weighted by Crippen LogP contribution is 2.24. The van der Waals surface area contributed by atoms with Crippen molar-refractivity contribution in [2.24, 2.45) is 0 Å². The first-order valence-electron chi connectivity index (χ1n) is 6.49. The minimum Gasteiger partial charge on any atom is -0.373 e. The van der Waals surface area contributed by atoms with Gasteiger partial charge in [0.05, 0.1) is 6.54 Å². The summed E-state index contributed by atoms with van der Waals surface area (Å²) >= 11 is 0. The van der Waals surface area contributed by atoms with Gasteiger partial charge in [-0.25, -0.2) is 9.97 Å². The number of piperazine rings is 1. The second kappa shape index (κ2) is 5.03. The Kier molecular flexibility index (Phi) is 3.59. The molecule has 0 aromatic carbocycles. The molecule has 0 spiro atoms. The zero-order valence-electron chi connectivity index (χ0n) is 11.9. The molecule has 1 saturated heterocycles. The third-order valence-electron chi connectivity index (χ3n) is 3.00. The number of hydrogen-bond acceptors (Lipinski definition) is 5. The molecule has 1 amide bonds. The Bertz CT molecular complexity index is 480. The predicted molar refractivity (Wildman–Crippen MR) is 75.5 cm³/mol. The summed E-state index contributed by atoms with van der Waals surface area (Å²) in [5, 5.41) is 5.87. The van der Waals surface area contributed by atoms with E-state index in [2.05, 4.69) is 41.4 Å². The Labute approximate surface area is 113 Å². The van der Waals surface area contributed by atoms with E-state index in [1.807, 2.05) is 18.0 Å². The fourth-order valence-electron chi connectivity index (χ4n) is 1.89. The fourth-order valence-corrected chi connectivity index (χ4v) is 1.89. The standard InChI is InChI=1S/C13H21N5O/c1-13(2,3)12-16-9(14-4)7-10(17-12)18-6-5-15-11(19)8-18/h7H,5-6,8H2,1-4H3,(H,15,19)(H,14,16,17). The molecule has 0 saturated carbocycles. The van der Waals surface area contributed by atoms with Crippen LogP contribution in [0.5, 0.6) is 0 Å². The SMILES string of the molecule is CNc1cc(N2CCNC(=O)C2)nc(C(C)(C)C)n1. The van der Waals surface area contributed by atoms with E-state index in [-0.39, 0.29) is 11.3 Å². The molecule has 2 rings (SSSR count). The second-order valence-electron chi connectivity index (χ2n) is 5.71. The largest absolute Gasteiger partial charge is 0.373 e. The van der Waals surface area contributed by atoms with Crippen molar-refractivity contribution in [3.63, 3.8) is 0 Å². The van der Waals surface area contributed by atoms with Crippen molar-refractivity contribution >= 4 is 17.5 Å². The van der Waals surface area contributed by atoms with Gasteiger partial charge in [-0.15, -0.1) is 0 Å². The third-order valence-corrected chi connectivity index (χ3v) is 3.00. The Morgan fingerprint density at radius 2 is 2.11 bits per heavy atom. The molecule has 0 unspecified atom stereocenters. The lowest BCUT2D eigenvalue weighted by atomic mass is 9.96. The van der Waals surface area contributed by atoms with Crippen molar-refractivity contribution < 1.29 is 4.79 Å². The van der Waals surface area contributed by atoms with Crippen molar-refractivity contribution in [1.29, 1.82) is 0 Å². The maximum Gasteiger partial charge on any atom is 0.239 e. The molecule has 1 aromatic rings. The van der Waals surface area contributed by atoms with Crippen LogP contribution in [0.2, 0.25) is 0 Å². The van der Waals surface area contributed by atoms with Crippen molar-refractivity contribution in [2.45, 2.75) is 26.2 Å². The molecule has 1 aliphatic heterocycles.